The van der Waals surface area contributed by atoms with Gasteiger partial charge in [-0.2, -0.15) is 0 Å². The average molecular weight is 353 g/mol. The van der Waals surface area contributed by atoms with Crippen LogP contribution in [0.5, 0.6) is 0 Å². The highest BCUT2D eigenvalue weighted by Crippen LogP contribution is 2.11. The number of hydrogen-bond acceptors (Lipinski definition) is 2. The third-order valence-corrected chi connectivity index (χ3v) is 4.04. The van der Waals surface area contributed by atoms with Crippen molar-refractivity contribution in [2.24, 2.45) is 0 Å². The molecule has 0 unspecified atom stereocenters. The van der Waals surface area contributed by atoms with E-state index >= 15 is 0 Å². The van der Waals surface area contributed by atoms with Gasteiger partial charge in [0, 0.05) is 12.2 Å². The molecule has 0 saturated carbocycles. The third-order valence-electron chi connectivity index (χ3n) is 4.04. The van der Waals surface area contributed by atoms with Gasteiger partial charge in [0.05, 0.1) is 6.54 Å². The number of nitrogens with one attached hydrogen (secondary N) is 3. The van der Waals surface area contributed by atoms with Crippen LogP contribution in [0.15, 0.2) is 48.5 Å². The minimum atomic E-state index is -0.365. The summed E-state index contributed by atoms with van der Waals surface area (Å²) in [5.41, 5.74) is 4.18. The zero-order chi connectivity index (χ0) is 18.8. The van der Waals surface area contributed by atoms with Crippen molar-refractivity contribution in [3.8, 4) is 0 Å². The van der Waals surface area contributed by atoms with Crippen LogP contribution < -0.4 is 16.0 Å². The third kappa shape index (κ3) is 6.97. The number of hydrogen-bond donors (Lipinski definition) is 3. The van der Waals surface area contributed by atoms with Crippen molar-refractivity contribution >= 4 is 17.6 Å². The van der Waals surface area contributed by atoms with E-state index in [1.54, 1.807) is 0 Å². The van der Waals surface area contributed by atoms with E-state index in [-0.39, 0.29) is 18.5 Å². The van der Waals surface area contributed by atoms with Gasteiger partial charge in [0.25, 0.3) is 0 Å². The number of urea groups is 1. The Balaban J connectivity index is 1.68. The van der Waals surface area contributed by atoms with E-state index < -0.39 is 0 Å². The Morgan fingerprint density at radius 3 is 2.19 bits per heavy atom. The molecule has 0 radical (unpaired) electrons. The number of aryl methyl sites for hydroxylation is 2. The van der Waals surface area contributed by atoms with Gasteiger partial charge in [-0.25, -0.2) is 4.79 Å². The van der Waals surface area contributed by atoms with E-state index in [2.05, 4.69) is 22.9 Å². The fourth-order valence-electron chi connectivity index (χ4n) is 2.45. The highest BCUT2D eigenvalue weighted by molar-refractivity contribution is 5.94. The van der Waals surface area contributed by atoms with Crippen LogP contribution in [-0.4, -0.2) is 18.5 Å². The predicted molar refractivity (Wildman–Crippen MR) is 105 cm³/mol. The molecule has 0 aliphatic rings. The van der Waals surface area contributed by atoms with Gasteiger partial charge in [-0.05, 0) is 43.0 Å². The summed E-state index contributed by atoms with van der Waals surface area (Å²) < 4.78 is 0. The first-order valence-corrected chi connectivity index (χ1v) is 9.03. The van der Waals surface area contributed by atoms with E-state index in [1.165, 1.54) is 11.1 Å². The molecule has 3 N–H and O–H groups in total. The molecule has 5 heteroatoms. The van der Waals surface area contributed by atoms with E-state index in [4.69, 9.17) is 0 Å². The molecule has 138 valence electrons. The Morgan fingerprint density at radius 2 is 1.54 bits per heavy atom. The number of benzene rings is 2. The Hall–Kier alpha value is -2.82. The summed E-state index contributed by atoms with van der Waals surface area (Å²) in [7, 11) is 0. The standard InChI is InChI=1S/C21H27N3O2/c1-3-4-5-17-10-12-19(13-11-17)24-20(25)15-23-21(26)22-14-18-8-6-16(2)7-9-18/h6-13H,3-5,14-15H2,1-2H3,(H,24,25)(H2,22,23,26). The molecular weight excluding hydrogens is 326 g/mol. The average Bonchev–Trinajstić information content (AvgIpc) is 2.65. The van der Waals surface area contributed by atoms with Gasteiger partial charge in [-0.1, -0.05) is 55.3 Å². The highest BCUT2D eigenvalue weighted by atomic mass is 16.2. The number of rotatable bonds is 8. The molecule has 2 aromatic carbocycles. The number of unbranched alkanes of at least 4 members (excludes halogenated alkanes) is 1. The van der Waals surface area contributed by atoms with Crippen molar-refractivity contribution in [3.05, 3.63) is 65.2 Å². The van der Waals surface area contributed by atoms with Crippen molar-refractivity contribution in [2.45, 2.75) is 39.7 Å². The minimum Gasteiger partial charge on any atom is -0.334 e. The van der Waals surface area contributed by atoms with Crippen LogP contribution in [0.3, 0.4) is 0 Å². The summed E-state index contributed by atoms with van der Waals surface area (Å²) in [6, 6.07) is 15.4. The van der Waals surface area contributed by atoms with Crippen molar-refractivity contribution in [1.82, 2.24) is 10.6 Å². The molecule has 5 nitrogen and oxygen atoms in total. The molecule has 0 heterocycles. The highest BCUT2D eigenvalue weighted by Gasteiger charge is 2.06. The maximum absolute atomic E-state index is 11.9. The Kier molecular flexibility index (Phi) is 7.68. The van der Waals surface area contributed by atoms with E-state index in [0.717, 1.165) is 30.5 Å². The SMILES string of the molecule is CCCCc1ccc(NC(=O)CNC(=O)NCc2ccc(C)cc2)cc1. The second-order valence-corrected chi connectivity index (χ2v) is 6.37. The van der Waals surface area contributed by atoms with E-state index in [9.17, 15) is 9.59 Å². The topological polar surface area (TPSA) is 70.2 Å². The van der Waals surface area contributed by atoms with Gasteiger partial charge in [0.2, 0.25) is 5.91 Å². The maximum Gasteiger partial charge on any atom is 0.315 e. The summed E-state index contributed by atoms with van der Waals surface area (Å²) in [6.07, 6.45) is 3.37. The monoisotopic (exact) mass is 353 g/mol. The first-order valence-electron chi connectivity index (χ1n) is 9.03. The van der Waals surface area contributed by atoms with Crippen LogP contribution in [0, 0.1) is 6.92 Å². The maximum atomic E-state index is 11.9. The van der Waals surface area contributed by atoms with E-state index in [1.807, 2.05) is 55.5 Å². The quantitative estimate of drug-likeness (QED) is 0.676. The molecule has 3 amide bonds. The molecule has 0 aliphatic heterocycles. The molecule has 26 heavy (non-hydrogen) atoms. The molecule has 0 aliphatic carbocycles. The van der Waals surface area contributed by atoms with Crippen molar-refractivity contribution in [2.75, 3.05) is 11.9 Å². The summed E-state index contributed by atoms with van der Waals surface area (Å²) >= 11 is 0. The Morgan fingerprint density at radius 1 is 0.885 bits per heavy atom. The van der Waals surface area contributed by atoms with Gasteiger partial charge < -0.3 is 16.0 Å². The molecule has 2 rings (SSSR count). The van der Waals surface area contributed by atoms with Gasteiger partial charge in [-0.15, -0.1) is 0 Å². The fraction of sp³-hybridized carbons (Fsp3) is 0.333. The number of amides is 3. The second kappa shape index (κ2) is 10.2. The predicted octanol–water partition coefficient (Wildman–Crippen LogP) is 3.78. The first-order chi connectivity index (χ1) is 12.6. The van der Waals surface area contributed by atoms with Gasteiger partial charge in [-0.3, -0.25) is 4.79 Å². The molecule has 0 fully saturated rings. The zero-order valence-corrected chi connectivity index (χ0v) is 15.5. The molecule has 0 bridgehead atoms. The van der Waals surface area contributed by atoms with E-state index in [0.29, 0.717) is 6.54 Å². The van der Waals surface area contributed by atoms with Crippen molar-refractivity contribution in [1.29, 1.82) is 0 Å². The summed E-state index contributed by atoms with van der Waals surface area (Å²) in [5.74, 6) is -0.253. The number of carbonyl (C=O) groups is 2. The Bertz CT molecular complexity index is 709. The normalized spacial score (nSPS) is 10.2. The summed E-state index contributed by atoms with van der Waals surface area (Å²) in [5, 5.41) is 8.08. The lowest BCUT2D eigenvalue weighted by Gasteiger charge is -2.09. The molecule has 0 saturated heterocycles. The first kappa shape index (κ1) is 19.5. The van der Waals surface area contributed by atoms with Crippen LogP contribution in [0.1, 0.15) is 36.5 Å². The molecule has 0 spiro atoms. The van der Waals surface area contributed by atoms with Crippen LogP contribution in [0.25, 0.3) is 0 Å². The molecular formula is C21H27N3O2. The zero-order valence-electron chi connectivity index (χ0n) is 15.5. The van der Waals surface area contributed by atoms with Crippen LogP contribution in [-0.2, 0) is 17.8 Å². The molecule has 0 aromatic heterocycles. The van der Waals surface area contributed by atoms with Gasteiger partial charge >= 0.3 is 6.03 Å². The fourth-order valence-corrected chi connectivity index (χ4v) is 2.45. The van der Waals surface area contributed by atoms with Crippen LogP contribution in [0.4, 0.5) is 10.5 Å². The number of anilines is 1. The molecule has 2 aromatic rings. The van der Waals surface area contributed by atoms with Gasteiger partial charge in [0.15, 0.2) is 0 Å². The lowest BCUT2D eigenvalue weighted by molar-refractivity contribution is -0.115. The second-order valence-electron chi connectivity index (χ2n) is 6.37. The van der Waals surface area contributed by atoms with Crippen molar-refractivity contribution in [3.63, 3.8) is 0 Å². The van der Waals surface area contributed by atoms with Crippen LogP contribution >= 0.6 is 0 Å². The Labute approximate surface area is 155 Å². The summed E-state index contributed by atoms with van der Waals surface area (Å²) in [6.45, 7) is 4.53. The van der Waals surface area contributed by atoms with Crippen molar-refractivity contribution < 1.29 is 9.59 Å². The molecule has 0 atom stereocenters. The van der Waals surface area contributed by atoms with Crippen LogP contribution in [0.2, 0.25) is 0 Å². The summed E-state index contributed by atoms with van der Waals surface area (Å²) in [4.78, 5) is 23.7. The number of carbonyl (C=O) groups excluding carboxylic acids is 2. The lowest BCUT2D eigenvalue weighted by Crippen LogP contribution is -2.39. The lowest BCUT2D eigenvalue weighted by atomic mass is 10.1. The largest absolute Gasteiger partial charge is 0.334 e. The van der Waals surface area contributed by atoms with Gasteiger partial charge in [0.1, 0.15) is 0 Å². The minimum absolute atomic E-state index is 0.0721. The smallest absolute Gasteiger partial charge is 0.315 e.